The van der Waals surface area contributed by atoms with Crippen molar-refractivity contribution in [2.45, 2.75) is 6.54 Å². The Labute approximate surface area is 166 Å². The molecule has 1 aromatic heterocycles. The highest BCUT2D eigenvalue weighted by atomic mass is 16.5. The average molecular weight is 393 g/mol. The van der Waals surface area contributed by atoms with Crippen LogP contribution in [0.3, 0.4) is 0 Å². The molecule has 0 saturated carbocycles. The lowest BCUT2D eigenvalue weighted by Gasteiger charge is -2.13. The van der Waals surface area contributed by atoms with Crippen molar-refractivity contribution in [2.75, 3.05) is 26.6 Å². The third-order valence-electron chi connectivity index (χ3n) is 5.04. The van der Waals surface area contributed by atoms with Gasteiger partial charge < -0.3 is 19.8 Å². The fourth-order valence-electron chi connectivity index (χ4n) is 3.50. The van der Waals surface area contributed by atoms with Crippen LogP contribution in [0, 0.1) is 0 Å². The molecule has 2 aromatic carbocycles. The Bertz CT molecular complexity index is 1210. The number of imide groups is 1. The Hall–Kier alpha value is -3.81. The summed E-state index contributed by atoms with van der Waals surface area (Å²) in [6.07, 6.45) is 0. The molecule has 2 amide bonds. The van der Waals surface area contributed by atoms with Crippen LogP contribution >= 0.6 is 0 Å². The van der Waals surface area contributed by atoms with Crippen LogP contribution < -0.4 is 20.3 Å². The molecule has 2 N–H and O–H groups in total. The van der Waals surface area contributed by atoms with E-state index in [0.29, 0.717) is 44.8 Å². The molecule has 0 aliphatic carbocycles. The van der Waals surface area contributed by atoms with Gasteiger partial charge in [0, 0.05) is 30.2 Å². The smallest absolute Gasteiger partial charge is 0.263 e. The number of nitrogens with one attached hydrogen (secondary N) is 2. The molecule has 0 bridgehead atoms. The largest absolute Gasteiger partial charge is 0.496 e. The minimum atomic E-state index is -0.369. The number of hydrogen-bond donors (Lipinski definition) is 2. The molecule has 0 atom stereocenters. The summed E-state index contributed by atoms with van der Waals surface area (Å²) in [7, 11) is 4.53. The quantitative estimate of drug-likeness (QED) is 0.646. The molecule has 8 heteroatoms. The van der Waals surface area contributed by atoms with Crippen molar-refractivity contribution in [3.8, 4) is 11.5 Å². The number of amides is 2. The lowest BCUT2D eigenvalue weighted by Crippen LogP contribution is -2.24. The van der Waals surface area contributed by atoms with Gasteiger partial charge in [-0.15, -0.1) is 0 Å². The number of nitrogens with zero attached hydrogens (tertiary/aromatic N) is 1. The van der Waals surface area contributed by atoms with Crippen LogP contribution in [0.5, 0.6) is 11.5 Å². The maximum absolute atomic E-state index is 12.6. The second-order valence-corrected chi connectivity index (χ2v) is 6.63. The zero-order valence-corrected chi connectivity index (χ0v) is 16.2. The number of H-pyrrole nitrogens is 1. The molecule has 29 heavy (non-hydrogen) atoms. The van der Waals surface area contributed by atoms with Gasteiger partial charge in [0.2, 0.25) is 0 Å². The fourth-order valence-corrected chi connectivity index (χ4v) is 3.50. The van der Waals surface area contributed by atoms with Gasteiger partial charge in [-0.25, -0.2) is 0 Å². The number of carbonyl (C=O) groups excluding carboxylic acids is 2. The summed E-state index contributed by atoms with van der Waals surface area (Å²) in [6, 6.07) is 10.2. The Kier molecular flexibility index (Phi) is 4.46. The van der Waals surface area contributed by atoms with E-state index in [-0.39, 0.29) is 23.9 Å². The maximum atomic E-state index is 12.6. The van der Waals surface area contributed by atoms with E-state index in [9.17, 15) is 14.4 Å². The summed E-state index contributed by atoms with van der Waals surface area (Å²) in [5, 5.41) is 3.81. The van der Waals surface area contributed by atoms with Gasteiger partial charge in [0.25, 0.3) is 17.4 Å². The van der Waals surface area contributed by atoms with Crippen molar-refractivity contribution < 1.29 is 19.1 Å². The molecule has 8 nitrogen and oxygen atoms in total. The number of aromatic amines is 1. The van der Waals surface area contributed by atoms with E-state index < -0.39 is 0 Å². The standard InChI is InChI=1S/C21H19N3O5/c1-24-20(26)12-5-4-6-14(17(12)21(24)27)22-10-11-9-13-15(28-2)7-8-16(29-3)18(13)23-19(11)25/h4-9,22H,10H2,1-3H3,(H,23,25). The van der Waals surface area contributed by atoms with Crippen LogP contribution in [-0.4, -0.2) is 43.0 Å². The van der Waals surface area contributed by atoms with Crippen LogP contribution in [0.4, 0.5) is 5.69 Å². The summed E-state index contributed by atoms with van der Waals surface area (Å²) in [6.45, 7) is 0.160. The highest BCUT2D eigenvalue weighted by Crippen LogP contribution is 2.32. The predicted molar refractivity (Wildman–Crippen MR) is 108 cm³/mol. The second-order valence-electron chi connectivity index (χ2n) is 6.63. The minimum absolute atomic E-state index is 0.160. The topological polar surface area (TPSA) is 101 Å². The van der Waals surface area contributed by atoms with E-state index in [1.54, 1.807) is 43.5 Å². The Balaban J connectivity index is 1.72. The molecule has 0 saturated heterocycles. The average Bonchev–Trinajstić information content (AvgIpc) is 2.96. The zero-order valence-electron chi connectivity index (χ0n) is 16.2. The van der Waals surface area contributed by atoms with E-state index in [2.05, 4.69) is 10.3 Å². The van der Waals surface area contributed by atoms with Gasteiger partial charge in [0.1, 0.15) is 11.5 Å². The molecule has 0 spiro atoms. The van der Waals surface area contributed by atoms with E-state index >= 15 is 0 Å². The fraction of sp³-hybridized carbons (Fsp3) is 0.190. The maximum Gasteiger partial charge on any atom is 0.263 e. The van der Waals surface area contributed by atoms with Crippen LogP contribution in [0.25, 0.3) is 10.9 Å². The summed E-state index contributed by atoms with van der Waals surface area (Å²) in [5.74, 6) is 0.424. The third-order valence-corrected chi connectivity index (χ3v) is 5.04. The van der Waals surface area contributed by atoms with Gasteiger partial charge in [0.05, 0.1) is 30.9 Å². The molecular weight excluding hydrogens is 374 g/mol. The number of benzene rings is 2. The van der Waals surface area contributed by atoms with Crippen molar-refractivity contribution >= 4 is 28.4 Å². The predicted octanol–water partition coefficient (Wildman–Crippen LogP) is 2.38. The third kappa shape index (κ3) is 2.89. The normalized spacial score (nSPS) is 13.0. The Morgan fingerprint density at radius 3 is 2.45 bits per heavy atom. The van der Waals surface area contributed by atoms with Crippen LogP contribution in [-0.2, 0) is 6.54 Å². The molecule has 4 rings (SSSR count). The van der Waals surface area contributed by atoms with Gasteiger partial charge >= 0.3 is 0 Å². The van der Waals surface area contributed by atoms with Crippen molar-refractivity contribution in [1.82, 2.24) is 9.88 Å². The van der Waals surface area contributed by atoms with E-state index in [4.69, 9.17) is 9.47 Å². The molecule has 1 aliphatic heterocycles. The first-order valence-corrected chi connectivity index (χ1v) is 8.92. The Morgan fingerprint density at radius 1 is 1.00 bits per heavy atom. The van der Waals surface area contributed by atoms with E-state index in [0.717, 1.165) is 4.90 Å². The molecule has 148 valence electrons. The summed E-state index contributed by atoms with van der Waals surface area (Å²) in [4.78, 5) is 41.1. The molecule has 0 unspecified atom stereocenters. The number of methoxy groups -OCH3 is 2. The van der Waals surface area contributed by atoms with Gasteiger partial charge in [-0.1, -0.05) is 6.07 Å². The van der Waals surface area contributed by atoms with E-state index in [1.807, 2.05) is 0 Å². The van der Waals surface area contributed by atoms with Crippen LogP contribution in [0.15, 0.2) is 41.2 Å². The first kappa shape index (κ1) is 18.5. The van der Waals surface area contributed by atoms with Gasteiger partial charge in [-0.05, 0) is 30.3 Å². The summed E-state index contributed by atoms with van der Waals surface area (Å²) >= 11 is 0. The first-order chi connectivity index (χ1) is 14.0. The molecule has 0 fully saturated rings. The highest BCUT2D eigenvalue weighted by molar-refractivity contribution is 6.23. The summed E-state index contributed by atoms with van der Waals surface area (Å²) < 4.78 is 10.7. The lowest BCUT2D eigenvalue weighted by atomic mass is 10.1. The van der Waals surface area contributed by atoms with Gasteiger partial charge in [0.15, 0.2) is 0 Å². The number of hydrogen-bond acceptors (Lipinski definition) is 6. The van der Waals surface area contributed by atoms with Crippen molar-refractivity contribution in [3.63, 3.8) is 0 Å². The van der Waals surface area contributed by atoms with Gasteiger partial charge in [-0.3, -0.25) is 19.3 Å². The molecule has 1 aliphatic rings. The number of rotatable bonds is 5. The Morgan fingerprint density at radius 2 is 1.72 bits per heavy atom. The number of ether oxygens (including phenoxy) is 2. The number of fused-ring (bicyclic) bond motifs is 2. The lowest BCUT2D eigenvalue weighted by molar-refractivity contribution is 0.0693. The zero-order chi connectivity index (χ0) is 20.7. The molecular formula is C21H19N3O5. The molecule has 3 aromatic rings. The van der Waals surface area contributed by atoms with Crippen LogP contribution in [0.2, 0.25) is 0 Å². The number of pyridine rings is 1. The van der Waals surface area contributed by atoms with Crippen LogP contribution in [0.1, 0.15) is 26.3 Å². The number of aromatic nitrogens is 1. The number of carbonyl (C=O) groups is 2. The van der Waals surface area contributed by atoms with Crippen molar-refractivity contribution in [2.24, 2.45) is 0 Å². The van der Waals surface area contributed by atoms with Gasteiger partial charge in [-0.2, -0.15) is 0 Å². The molecule has 0 radical (unpaired) electrons. The highest BCUT2D eigenvalue weighted by Gasteiger charge is 2.34. The van der Waals surface area contributed by atoms with E-state index in [1.165, 1.54) is 14.2 Å². The minimum Gasteiger partial charge on any atom is -0.496 e. The second kappa shape index (κ2) is 6.97. The van der Waals surface area contributed by atoms with Crippen molar-refractivity contribution in [1.29, 1.82) is 0 Å². The monoisotopic (exact) mass is 393 g/mol. The first-order valence-electron chi connectivity index (χ1n) is 8.92. The number of anilines is 1. The SMILES string of the molecule is COc1ccc(OC)c2[nH]c(=O)c(CNc3cccc4c3C(=O)N(C)C4=O)cc12. The molecule has 2 heterocycles. The van der Waals surface area contributed by atoms with Crippen molar-refractivity contribution in [3.05, 3.63) is 63.4 Å². The summed E-state index contributed by atoms with van der Waals surface area (Å²) in [5.41, 5.74) is 1.87.